The summed E-state index contributed by atoms with van der Waals surface area (Å²) in [6.45, 7) is 12.2. The number of nitrogens with zero attached hydrogens (tertiary/aromatic N) is 15. The van der Waals surface area contributed by atoms with Crippen molar-refractivity contribution in [3.8, 4) is 183 Å². The van der Waals surface area contributed by atoms with Crippen LogP contribution in [0.15, 0.2) is 362 Å². The lowest BCUT2D eigenvalue weighted by atomic mass is 10.1. The minimum atomic E-state index is -0.292. The molecule has 0 unspecified atom stereocenters. The van der Waals surface area contributed by atoms with Crippen LogP contribution in [-0.4, -0.2) is 115 Å². The van der Waals surface area contributed by atoms with Crippen LogP contribution in [0.3, 0.4) is 0 Å². The number of aryl methyl sites for hydroxylation is 6. The van der Waals surface area contributed by atoms with E-state index in [9.17, 15) is 4.39 Å². The van der Waals surface area contributed by atoms with Gasteiger partial charge in [-0.15, -0.1) is 0 Å². The van der Waals surface area contributed by atoms with Crippen LogP contribution in [0.5, 0.6) is 11.5 Å². The van der Waals surface area contributed by atoms with Crippen molar-refractivity contribution in [2.24, 2.45) is 0 Å². The maximum Gasteiger partial charge on any atom is 0.258 e. The molecule has 0 fully saturated rings. The lowest BCUT2D eigenvalue weighted by Gasteiger charge is -2.09. The van der Waals surface area contributed by atoms with Crippen LogP contribution in [0.2, 0.25) is 0 Å². The first-order valence-corrected chi connectivity index (χ1v) is 45.2. The van der Waals surface area contributed by atoms with Gasteiger partial charge in [0.25, 0.3) is 29.5 Å². The van der Waals surface area contributed by atoms with Crippen molar-refractivity contribution >= 4 is 55.2 Å². The Morgan fingerprint density at radius 2 is 0.489 bits per heavy atom. The Morgan fingerprint density at radius 3 is 0.823 bits per heavy atom. The summed E-state index contributed by atoms with van der Waals surface area (Å²) in [7, 11) is 3.33. The monoisotopic (exact) mass is 1850 g/mol. The molecule has 0 spiro atoms. The first kappa shape index (κ1) is 88.5. The lowest BCUT2D eigenvalue weighted by Crippen LogP contribution is -1.92. The Morgan fingerprint density at radius 1 is 0.213 bits per heavy atom. The Labute approximate surface area is 804 Å². The number of aromatic amines is 5. The fourth-order valence-corrected chi connectivity index (χ4v) is 16.4. The van der Waals surface area contributed by atoms with Crippen LogP contribution in [-0.2, 0) is 0 Å². The third kappa shape index (κ3) is 19.5. The molecule has 5 N–H and O–H groups in total. The highest BCUT2D eigenvalue weighted by molar-refractivity contribution is 5.85. The zero-order valence-corrected chi connectivity index (χ0v) is 77.3. The van der Waals surface area contributed by atoms with Gasteiger partial charge in [-0.2, -0.15) is 24.9 Å². The number of halogens is 1. The van der Waals surface area contributed by atoms with E-state index in [4.69, 9.17) is 32.1 Å². The van der Waals surface area contributed by atoms with Crippen LogP contribution in [0.25, 0.3) is 226 Å². The summed E-state index contributed by atoms with van der Waals surface area (Å²) in [5.41, 5.74) is 29.7. The number of para-hydroxylation sites is 8. The number of aromatic nitrogens is 20. The van der Waals surface area contributed by atoms with Gasteiger partial charge in [0.1, 0.15) is 46.4 Å². The Balaban J connectivity index is 0.000000105. The second kappa shape index (κ2) is 39.1. The first-order chi connectivity index (χ1) is 69.0. The average molecular weight is 1850 g/mol. The largest absolute Gasteiger partial charge is 0.496 e. The number of methoxy groups -OCH3 is 2. The average Bonchev–Trinajstić information content (AvgIpc) is 1.53. The van der Waals surface area contributed by atoms with Crippen molar-refractivity contribution in [3.63, 3.8) is 0 Å². The number of ether oxygens (including phenoxy) is 2. The molecule has 15 aromatic carbocycles. The van der Waals surface area contributed by atoms with Crippen molar-refractivity contribution in [2.75, 3.05) is 14.2 Å². The van der Waals surface area contributed by atoms with Crippen LogP contribution in [0.4, 0.5) is 4.39 Å². The highest BCUT2D eigenvalue weighted by Gasteiger charge is 2.22. The van der Waals surface area contributed by atoms with Crippen LogP contribution in [0, 0.1) is 47.4 Å². The summed E-state index contributed by atoms with van der Waals surface area (Å²) in [5, 5.41) is 20.6. The minimum Gasteiger partial charge on any atom is -0.496 e. The van der Waals surface area contributed by atoms with Crippen molar-refractivity contribution in [1.29, 1.82) is 0 Å². The van der Waals surface area contributed by atoms with Gasteiger partial charge in [0.15, 0.2) is 0 Å². The lowest BCUT2D eigenvalue weighted by molar-refractivity contribution is 0.408. The van der Waals surface area contributed by atoms with Crippen molar-refractivity contribution in [3.05, 3.63) is 379 Å². The van der Waals surface area contributed by atoms with Crippen molar-refractivity contribution in [1.82, 2.24) is 101 Å². The van der Waals surface area contributed by atoms with Crippen molar-refractivity contribution < 1.29 is 36.5 Å². The van der Waals surface area contributed by atoms with E-state index in [-0.39, 0.29) is 5.82 Å². The summed E-state index contributed by atoms with van der Waals surface area (Å²) in [6, 6.07) is 110. The molecule has 0 saturated heterocycles. The summed E-state index contributed by atoms with van der Waals surface area (Å²) >= 11 is 0. The number of benzene rings is 15. The molecule has 10 aromatic heterocycles. The highest BCUT2D eigenvalue weighted by Crippen LogP contribution is 2.37. The first-order valence-electron chi connectivity index (χ1n) is 45.2. The molecule has 0 atom stereocenters. The maximum absolute atomic E-state index is 13.3. The summed E-state index contributed by atoms with van der Waals surface area (Å²) in [6.07, 6.45) is 0. The van der Waals surface area contributed by atoms with Crippen molar-refractivity contribution in [2.45, 2.75) is 41.5 Å². The highest BCUT2D eigenvalue weighted by atomic mass is 19.1. The molecular formula is C113H85FN20O7. The van der Waals surface area contributed by atoms with Crippen LogP contribution in [0.1, 0.15) is 33.4 Å². The van der Waals surface area contributed by atoms with Gasteiger partial charge in [-0.05, 0) is 192 Å². The van der Waals surface area contributed by atoms with E-state index < -0.39 is 0 Å². The number of imidazole rings is 5. The molecule has 0 aliphatic carbocycles. The SMILES string of the molecule is COc1c(C)cc(-c2nc(-c3ccc(-c4nc5ccccc5[nH]4)cc3)no2)cc1C.COc1ccc(-c2nc(-c3ccc(-c4nc5ccccc5[nH]4)cc3)no2)cc1C.Cc1cc(C)cc(-c2nc(-c3ccc(-c4nc5ccccc5[nH]4)cc3)no2)c1.Cc1ccc(-c2nc(-c3ccc(-c4nc5ccccc5[nH]4)cc3)no2)cc1.Fc1ccc2nc(-c3ccc(-c4noc(-c5ccccc5)n4)cc3)[nH]c2c1. The van der Waals surface area contributed by atoms with E-state index in [0.717, 1.165) is 185 Å². The van der Waals surface area contributed by atoms with Crippen LogP contribution < -0.4 is 9.47 Å². The van der Waals surface area contributed by atoms with E-state index in [1.807, 2.05) is 331 Å². The molecular weight excluding hydrogens is 1770 g/mol. The Kier molecular flexibility index (Phi) is 24.5. The van der Waals surface area contributed by atoms with E-state index in [2.05, 4.69) is 133 Å². The normalized spacial score (nSPS) is 11.2. The van der Waals surface area contributed by atoms with E-state index in [1.165, 1.54) is 28.8 Å². The topological polar surface area (TPSA) is 356 Å². The molecule has 141 heavy (non-hydrogen) atoms. The van der Waals surface area contributed by atoms with E-state index >= 15 is 0 Å². The summed E-state index contributed by atoms with van der Waals surface area (Å²) < 4.78 is 51.3. The van der Waals surface area contributed by atoms with Crippen LogP contribution >= 0.6 is 0 Å². The maximum atomic E-state index is 13.3. The summed E-state index contributed by atoms with van der Waals surface area (Å²) in [5.74, 6) is 10.7. The fraction of sp³-hybridized carbons (Fsp3) is 0.0708. The van der Waals surface area contributed by atoms with Gasteiger partial charge in [0, 0.05) is 83.5 Å². The van der Waals surface area contributed by atoms with Gasteiger partial charge in [-0.25, -0.2) is 29.3 Å². The zero-order valence-electron chi connectivity index (χ0n) is 77.3. The molecule has 0 amide bonds. The number of fused-ring (bicyclic) bond motifs is 5. The standard InChI is InChI=1S/C24H20N4O2.C23H18N4O2.C23H18N4O.C22H16N4O.C21H13FN4O/c1-14-12-18(13-15(2)21(14)29-3)24-27-23(28-30-24)17-10-8-16(9-11-17)22-25-19-6-4-5-7-20(19)26-22;1-14-13-17(11-12-20(14)28-2)23-26-22(27-29-23)16-9-7-15(8-10-16)21-24-18-5-3-4-6-19(18)25-21;1-14-11-15(2)13-18(12-14)23-26-22(27-28-23)17-9-7-16(8-10-17)21-24-19-5-3-4-6-20(19)25-21;1-14-6-8-17(9-7-14)22-25-21(26-27-22)16-12-10-15(11-13-16)20-23-18-4-2-3-5-19(18)24-20;22-16-10-11-17-18(12-16)24-19(23-17)13-6-8-14(9-7-13)20-25-21(27-26-20)15-4-2-1-3-5-15/h4-13H,1-3H3,(H,25,26);3-13H,1-2H3,(H,24,25);3-13H,1-2H3,(H,24,25);2-13H,1H3,(H,23,24);1-12H,(H,23,24). The fourth-order valence-electron chi connectivity index (χ4n) is 16.4. The second-order valence-corrected chi connectivity index (χ2v) is 33.6. The molecule has 27 nitrogen and oxygen atoms in total. The molecule has 686 valence electrons. The second-order valence-electron chi connectivity index (χ2n) is 33.6. The Bertz CT molecular complexity index is 8560. The zero-order chi connectivity index (χ0) is 96.0. The predicted molar refractivity (Wildman–Crippen MR) is 543 cm³/mol. The number of rotatable bonds is 17. The van der Waals surface area contributed by atoms with Gasteiger partial charge in [-0.3, -0.25) is 0 Å². The van der Waals surface area contributed by atoms with Gasteiger partial charge in [0.2, 0.25) is 29.1 Å². The Hall–Kier alpha value is -19.1. The third-order valence-corrected chi connectivity index (χ3v) is 23.6. The molecule has 10 heterocycles. The number of H-pyrrole nitrogens is 5. The van der Waals surface area contributed by atoms with Gasteiger partial charge in [0.05, 0.1) is 69.4 Å². The number of hydrogen-bond acceptors (Lipinski definition) is 22. The smallest absolute Gasteiger partial charge is 0.258 e. The molecule has 25 rings (SSSR count). The predicted octanol–water partition coefficient (Wildman–Crippen LogP) is 26.7. The molecule has 0 aliphatic heterocycles. The minimum absolute atomic E-state index is 0.292. The van der Waals surface area contributed by atoms with E-state index in [1.54, 1.807) is 20.3 Å². The number of hydrogen-bond donors (Lipinski definition) is 5. The number of nitrogens with one attached hydrogen (secondary N) is 5. The quantitative estimate of drug-likeness (QED) is 0.0565. The molecule has 0 radical (unpaired) electrons. The molecule has 0 bridgehead atoms. The van der Waals surface area contributed by atoms with Gasteiger partial charge < -0.3 is 57.0 Å². The molecule has 28 heteroatoms. The van der Waals surface area contributed by atoms with E-state index in [0.29, 0.717) is 69.9 Å². The summed E-state index contributed by atoms with van der Waals surface area (Å²) in [4.78, 5) is 62.2. The van der Waals surface area contributed by atoms with Gasteiger partial charge >= 0.3 is 0 Å². The molecule has 0 saturated carbocycles. The molecule has 0 aliphatic rings. The van der Waals surface area contributed by atoms with Gasteiger partial charge in [-0.1, -0.05) is 249 Å². The third-order valence-electron chi connectivity index (χ3n) is 23.6. The molecule has 25 aromatic rings.